The lowest BCUT2D eigenvalue weighted by atomic mass is 9.53. The number of nitrogens with one attached hydrogen (secondary N) is 2. The second kappa shape index (κ2) is 10.8. The number of rotatable bonds is 9. The van der Waals surface area contributed by atoms with E-state index < -0.39 is 5.97 Å². The van der Waals surface area contributed by atoms with Crippen LogP contribution in [0.15, 0.2) is 36.4 Å². The molecule has 0 aliphatic heterocycles. The molecule has 2 aromatic rings. The van der Waals surface area contributed by atoms with E-state index in [9.17, 15) is 19.5 Å². The molecule has 5 aliphatic carbocycles. The number of carbonyl (C=O) groups is 3. The minimum atomic E-state index is -1.22. The minimum Gasteiger partial charge on any atom is -0.476 e. The number of carboxylic acid groups (broad SMARTS) is 1. The van der Waals surface area contributed by atoms with Crippen molar-refractivity contribution in [1.82, 2.24) is 20.4 Å². The monoisotopic (exact) mass is 534 g/mol. The number of amides is 2. The third-order valence-electron chi connectivity index (χ3n) is 9.30. The zero-order valence-electron chi connectivity index (χ0n) is 22.3. The van der Waals surface area contributed by atoms with Gasteiger partial charge in [0.05, 0.1) is 18.8 Å². The first-order valence-electron chi connectivity index (χ1n) is 14.4. The molecule has 5 aliphatic rings. The SMILES string of the molecule is O=C(Cn1nc(C(=O)O)cc1C(=O)NC12CC3CC(CC(C3)C1)C2)NC1CCCC[C@@H]1OCc1ccccc1. The van der Waals surface area contributed by atoms with Gasteiger partial charge in [-0.15, -0.1) is 0 Å². The van der Waals surface area contributed by atoms with Crippen LogP contribution in [0, 0.1) is 17.8 Å². The maximum absolute atomic E-state index is 13.5. The molecule has 9 heteroatoms. The summed E-state index contributed by atoms with van der Waals surface area (Å²) in [7, 11) is 0. The van der Waals surface area contributed by atoms with Gasteiger partial charge in [-0.3, -0.25) is 9.59 Å². The number of hydrogen-bond acceptors (Lipinski definition) is 5. The molecule has 7 rings (SSSR count). The lowest BCUT2D eigenvalue weighted by molar-refractivity contribution is -0.124. The molecule has 4 bridgehead atoms. The molecule has 1 unspecified atom stereocenters. The Kier molecular flexibility index (Phi) is 7.18. The van der Waals surface area contributed by atoms with Gasteiger partial charge in [-0.25, -0.2) is 9.48 Å². The predicted molar refractivity (Wildman–Crippen MR) is 143 cm³/mol. The van der Waals surface area contributed by atoms with Gasteiger partial charge in [0.15, 0.2) is 5.69 Å². The van der Waals surface area contributed by atoms with E-state index in [1.54, 1.807) is 0 Å². The van der Waals surface area contributed by atoms with Crippen LogP contribution in [-0.2, 0) is 22.7 Å². The van der Waals surface area contributed by atoms with E-state index in [-0.39, 0.29) is 47.4 Å². The Morgan fingerprint density at radius 1 is 1.00 bits per heavy atom. The number of carboxylic acids is 1. The van der Waals surface area contributed by atoms with Crippen molar-refractivity contribution in [2.75, 3.05) is 0 Å². The zero-order chi connectivity index (χ0) is 27.0. The van der Waals surface area contributed by atoms with Crippen LogP contribution in [0.5, 0.6) is 0 Å². The van der Waals surface area contributed by atoms with Crippen molar-refractivity contribution in [3.63, 3.8) is 0 Å². The first-order valence-corrected chi connectivity index (χ1v) is 14.4. The van der Waals surface area contributed by atoms with Crippen molar-refractivity contribution in [2.24, 2.45) is 17.8 Å². The Morgan fingerprint density at radius 2 is 1.67 bits per heavy atom. The Labute approximate surface area is 228 Å². The average molecular weight is 535 g/mol. The van der Waals surface area contributed by atoms with E-state index in [1.807, 2.05) is 30.3 Å². The number of ether oxygens (including phenoxy) is 1. The van der Waals surface area contributed by atoms with Gasteiger partial charge in [0.25, 0.3) is 5.91 Å². The lowest BCUT2D eigenvalue weighted by Gasteiger charge is -2.56. The quantitative estimate of drug-likeness (QED) is 0.448. The molecule has 0 radical (unpaired) electrons. The highest BCUT2D eigenvalue weighted by molar-refractivity contribution is 5.96. The molecule has 5 fully saturated rings. The summed E-state index contributed by atoms with van der Waals surface area (Å²) in [4.78, 5) is 38.4. The normalized spacial score (nSPS) is 31.1. The van der Waals surface area contributed by atoms with Crippen molar-refractivity contribution in [2.45, 2.75) is 95.0 Å². The highest BCUT2D eigenvalue weighted by Gasteiger charge is 2.51. The van der Waals surface area contributed by atoms with Crippen molar-refractivity contribution in [3.8, 4) is 0 Å². The Balaban J connectivity index is 1.12. The van der Waals surface area contributed by atoms with Gasteiger partial charge in [0.1, 0.15) is 12.2 Å². The summed E-state index contributed by atoms with van der Waals surface area (Å²) < 4.78 is 7.43. The Hall–Kier alpha value is -3.20. The zero-order valence-corrected chi connectivity index (χ0v) is 22.3. The molecule has 3 N–H and O–H groups in total. The fraction of sp³-hybridized carbons (Fsp3) is 0.600. The standard InChI is InChI=1S/C30H38N4O5/c35-27(31-23-8-4-5-9-26(23)39-18-19-6-2-1-3-7-19)17-34-25(13-24(33-34)29(37)38)28(36)32-30-14-20-10-21(15-30)12-22(11-20)16-30/h1-3,6-7,13,20-23,26H,4-5,8-12,14-18H2,(H,31,35)(H,32,36)(H,37,38)/t20?,21?,22?,23?,26-,30?/m0/s1. The second-order valence-corrected chi connectivity index (χ2v) is 12.3. The summed E-state index contributed by atoms with van der Waals surface area (Å²) in [6.45, 7) is 0.256. The molecule has 39 heavy (non-hydrogen) atoms. The van der Waals surface area contributed by atoms with E-state index in [1.165, 1.54) is 30.0 Å². The number of nitrogens with zero attached hydrogens (tertiary/aromatic N) is 2. The molecule has 1 aromatic carbocycles. The molecule has 0 spiro atoms. The molecule has 5 saturated carbocycles. The number of hydrogen-bond donors (Lipinski definition) is 3. The fourth-order valence-corrected chi connectivity index (χ4v) is 8.02. The summed E-state index contributed by atoms with van der Waals surface area (Å²) in [5.74, 6) is 0.114. The third-order valence-corrected chi connectivity index (χ3v) is 9.30. The number of benzene rings is 1. The predicted octanol–water partition coefficient (Wildman–Crippen LogP) is 3.92. The van der Waals surface area contributed by atoms with Crippen LogP contribution in [-0.4, -0.2) is 50.4 Å². The van der Waals surface area contributed by atoms with Gasteiger partial charge in [-0.05, 0) is 74.7 Å². The van der Waals surface area contributed by atoms with Crippen LogP contribution >= 0.6 is 0 Å². The molecule has 1 heterocycles. The topological polar surface area (TPSA) is 123 Å². The van der Waals surface area contributed by atoms with Crippen molar-refractivity contribution in [3.05, 3.63) is 53.3 Å². The second-order valence-electron chi connectivity index (χ2n) is 12.3. The van der Waals surface area contributed by atoms with Gasteiger partial charge in [-0.2, -0.15) is 5.10 Å². The van der Waals surface area contributed by atoms with Crippen LogP contribution < -0.4 is 10.6 Å². The molecule has 2 atom stereocenters. The van der Waals surface area contributed by atoms with E-state index in [0.717, 1.165) is 50.5 Å². The highest BCUT2D eigenvalue weighted by atomic mass is 16.5. The Bertz CT molecular complexity index is 1190. The van der Waals surface area contributed by atoms with Gasteiger partial charge < -0.3 is 20.5 Å². The van der Waals surface area contributed by atoms with Crippen molar-refractivity contribution in [1.29, 1.82) is 0 Å². The smallest absolute Gasteiger partial charge is 0.356 e. The van der Waals surface area contributed by atoms with Gasteiger partial charge in [0.2, 0.25) is 5.91 Å². The van der Waals surface area contributed by atoms with Crippen LogP contribution in [0.3, 0.4) is 0 Å². The van der Waals surface area contributed by atoms with Crippen molar-refractivity contribution < 1.29 is 24.2 Å². The maximum atomic E-state index is 13.5. The van der Waals surface area contributed by atoms with E-state index >= 15 is 0 Å². The Morgan fingerprint density at radius 3 is 2.33 bits per heavy atom. The summed E-state index contributed by atoms with van der Waals surface area (Å²) in [5.41, 5.74) is 0.748. The lowest BCUT2D eigenvalue weighted by Crippen LogP contribution is -2.60. The van der Waals surface area contributed by atoms with Crippen LogP contribution in [0.1, 0.15) is 90.7 Å². The molecule has 1 aromatic heterocycles. The average Bonchev–Trinajstić information content (AvgIpc) is 3.32. The molecule has 0 saturated heterocycles. The largest absolute Gasteiger partial charge is 0.476 e. The number of aromatic nitrogens is 2. The molecule has 208 valence electrons. The molecular weight excluding hydrogens is 496 g/mol. The number of aromatic carboxylic acids is 1. The highest BCUT2D eigenvalue weighted by Crippen LogP contribution is 2.55. The van der Waals surface area contributed by atoms with Gasteiger partial charge in [-0.1, -0.05) is 43.2 Å². The van der Waals surface area contributed by atoms with Crippen LogP contribution in [0.4, 0.5) is 0 Å². The summed E-state index contributed by atoms with van der Waals surface area (Å²) in [6.07, 6.45) is 10.3. The van der Waals surface area contributed by atoms with E-state index in [4.69, 9.17) is 4.74 Å². The molecule has 9 nitrogen and oxygen atoms in total. The maximum Gasteiger partial charge on any atom is 0.356 e. The van der Waals surface area contributed by atoms with Crippen LogP contribution in [0.2, 0.25) is 0 Å². The first kappa shape index (κ1) is 26.0. The van der Waals surface area contributed by atoms with Gasteiger partial charge in [0, 0.05) is 11.6 Å². The summed E-state index contributed by atoms with van der Waals surface area (Å²) >= 11 is 0. The summed E-state index contributed by atoms with van der Waals surface area (Å²) in [6, 6.07) is 11.1. The van der Waals surface area contributed by atoms with E-state index in [0.29, 0.717) is 24.4 Å². The van der Waals surface area contributed by atoms with E-state index in [2.05, 4.69) is 15.7 Å². The molecule has 2 amide bonds. The summed E-state index contributed by atoms with van der Waals surface area (Å²) in [5, 5.41) is 20.0. The van der Waals surface area contributed by atoms with Crippen molar-refractivity contribution >= 4 is 17.8 Å². The van der Waals surface area contributed by atoms with Crippen LogP contribution in [0.25, 0.3) is 0 Å². The minimum absolute atomic E-state index is 0.103. The molecular formula is C30H38N4O5. The third kappa shape index (κ3) is 5.73. The number of carbonyl (C=O) groups excluding carboxylic acids is 2. The fourth-order valence-electron chi connectivity index (χ4n) is 8.02. The first-order chi connectivity index (χ1) is 18.9. The van der Waals surface area contributed by atoms with Gasteiger partial charge >= 0.3 is 5.97 Å².